The third-order valence-corrected chi connectivity index (χ3v) is 6.49. The molecule has 32 heavy (non-hydrogen) atoms. The predicted molar refractivity (Wildman–Crippen MR) is 119 cm³/mol. The molecule has 3 rings (SSSR count). The molecule has 1 amide bonds. The second kappa shape index (κ2) is 10.1. The smallest absolute Gasteiger partial charge is 0.264 e. The summed E-state index contributed by atoms with van der Waals surface area (Å²) in [5.74, 6) is 0.174. The number of rotatable bonds is 9. The van der Waals surface area contributed by atoms with Crippen molar-refractivity contribution in [1.29, 1.82) is 0 Å². The Kier molecular flexibility index (Phi) is 7.32. The van der Waals surface area contributed by atoms with Crippen molar-refractivity contribution in [2.45, 2.75) is 11.4 Å². The summed E-state index contributed by atoms with van der Waals surface area (Å²) in [6.45, 7) is -0.238. The highest BCUT2D eigenvalue weighted by Gasteiger charge is 2.27. The highest BCUT2D eigenvalue weighted by Crippen LogP contribution is 2.26. The molecule has 0 saturated heterocycles. The van der Waals surface area contributed by atoms with Gasteiger partial charge in [-0.15, -0.1) is 0 Å². The SMILES string of the molecule is COc1ccc(CNC(=O)CN(c2ccc(OC)cc2)S(=O)(=O)c2ccc(F)cc2)cc1. The van der Waals surface area contributed by atoms with Crippen LogP contribution in [0.5, 0.6) is 11.5 Å². The van der Waals surface area contributed by atoms with Gasteiger partial charge in [0, 0.05) is 6.54 Å². The average Bonchev–Trinajstić information content (AvgIpc) is 2.82. The molecule has 3 aromatic rings. The van der Waals surface area contributed by atoms with Crippen LogP contribution in [-0.2, 0) is 21.4 Å². The van der Waals surface area contributed by atoms with Gasteiger partial charge in [-0.2, -0.15) is 0 Å². The number of sulfonamides is 1. The molecule has 3 aromatic carbocycles. The molecule has 0 aromatic heterocycles. The topological polar surface area (TPSA) is 84.9 Å². The van der Waals surface area contributed by atoms with Crippen LogP contribution < -0.4 is 19.1 Å². The molecule has 0 spiro atoms. The Bertz CT molecular complexity index is 1150. The maximum absolute atomic E-state index is 13.3. The Morgan fingerprint density at radius 2 is 1.41 bits per heavy atom. The standard InChI is InChI=1S/C23H23FN2O5S/c1-30-20-9-3-17(4-10-20)15-25-23(27)16-26(19-7-11-21(31-2)12-8-19)32(28,29)22-13-5-18(24)6-14-22/h3-14H,15-16H2,1-2H3,(H,25,27). The average molecular weight is 459 g/mol. The van der Waals surface area contributed by atoms with Crippen LogP contribution in [0.3, 0.4) is 0 Å². The maximum Gasteiger partial charge on any atom is 0.264 e. The van der Waals surface area contributed by atoms with Crippen LogP contribution in [0.25, 0.3) is 0 Å². The summed E-state index contributed by atoms with van der Waals surface area (Å²) in [7, 11) is -1.07. The molecule has 0 atom stereocenters. The Morgan fingerprint density at radius 3 is 1.94 bits per heavy atom. The molecule has 1 N–H and O–H groups in total. The number of nitrogens with zero attached hydrogens (tertiary/aromatic N) is 1. The molecule has 0 aliphatic heterocycles. The van der Waals surface area contributed by atoms with Crippen LogP contribution in [0.1, 0.15) is 5.56 Å². The summed E-state index contributed by atoms with van der Waals surface area (Å²) < 4.78 is 51.0. The molecule has 0 bridgehead atoms. The molecule has 0 radical (unpaired) electrons. The highest BCUT2D eigenvalue weighted by atomic mass is 32.2. The van der Waals surface area contributed by atoms with E-state index < -0.39 is 28.3 Å². The van der Waals surface area contributed by atoms with Gasteiger partial charge in [-0.3, -0.25) is 9.10 Å². The van der Waals surface area contributed by atoms with Crippen molar-refractivity contribution in [3.8, 4) is 11.5 Å². The van der Waals surface area contributed by atoms with Crippen molar-refractivity contribution in [2.24, 2.45) is 0 Å². The van der Waals surface area contributed by atoms with Gasteiger partial charge in [0.05, 0.1) is 24.8 Å². The highest BCUT2D eigenvalue weighted by molar-refractivity contribution is 7.92. The minimum absolute atomic E-state index is 0.127. The number of amides is 1. The molecule has 0 aliphatic carbocycles. The van der Waals surface area contributed by atoms with Gasteiger partial charge in [0.25, 0.3) is 10.0 Å². The first-order valence-electron chi connectivity index (χ1n) is 9.65. The monoisotopic (exact) mass is 458 g/mol. The van der Waals surface area contributed by atoms with Gasteiger partial charge in [-0.1, -0.05) is 12.1 Å². The van der Waals surface area contributed by atoms with E-state index in [2.05, 4.69) is 5.32 Å². The normalized spacial score (nSPS) is 11.0. The number of anilines is 1. The fraction of sp³-hybridized carbons (Fsp3) is 0.174. The lowest BCUT2D eigenvalue weighted by Crippen LogP contribution is -2.40. The first-order chi connectivity index (χ1) is 15.3. The second-order valence-corrected chi connectivity index (χ2v) is 8.65. The Balaban J connectivity index is 1.82. The van der Waals surface area contributed by atoms with E-state index in [9.17, 15) is 17.6 Å². The van der Waals surface area contributed by atoms with Crippen molar-refractivity contribution in [1.82, 2.24) is 5.32 Å². The summed E-state index contributed by atoms with van der Waals surface area (Å²) >= 11 is 0. The lowest BCUT2D eigenvalue weighted by molar-refractivity contribution is -0.119. The second-order valence-electron chi connectivity index (χ2n) is 6.79. The van der Waals surface area contributed by atoms with Gasteiger partial charge in [-0.05, 0) is 66.2 Å². The molecule has 0 heterocycles. The Morgan fingerprint density at radius 1 is 0.875 bits per heavy atom. The molecule has 0 fully saturated rings. The van der Waals surface area contributed by atoms with E-state index in [1.54, 1.807) is 43.5 Å². The van der Waals surface area contributed by atoms with Gasteiger partial charge in [0.15, 0.2) is 0 Å². The number of methoxy groups -OCH3 is 2. The molecule has 9 heteroatoms. The first-order valence-corrected chi connectivity index (χ1v) is 11.1. The molecule has 0 saturated carbocycles. The van der Waals surface area contributed by atoms with Crippen LogP contribution in [0.2, 0.25) is 0 Å². The van der Waals surface area contributed by atoms with Crippen molar-refractivity contribution in [3.05, 3.63) is 84.2 Å². The summed E-state index contributed by atoms with van der Waals surface area (Å²) in [6, 6.07) is 17.8. The number of hydrogen-bond donors (Lipinski definition) is 1. The van der Waals surface area contributed by atoms with Crippen molar-refractivity contribution in [2.75, 3.05) is 25.1 Å². The van der Waals surface area contributed by atoms with Gasteiger partial charge in [0.2, 0.25) is 5.91 Å². The molecule has 168 valence electrons. The summed E-state index contributed by atoms with van der Waals surface area (Å²) in [6.07, 6.45) is 0. The summed E-state index contributed by atoms with van der Waals surface area (Å²) in [4.78, 5) is 12.5. The number of halogens is 1. The predicted octanol–water partition coefficient (Wildman–Crippen LogP) is 3.35. The zero-order chi connectivity index (χ0) is 23.1. The number of carbonyl (C=O) groups is 1. The van der Waals surface area contributed by atoms with E-state index in [1.807, 2.05) is 0 Å². The quantitative estimate of drug-likeness (QED) is 0.532. The van der Waals surface area contributed by atoms with E-state index in [-0.39, 0.29) is 17.1 Å². The van der Waals surface area contributed by atoms with Crippen molar-refractivity contribution >= 4 is 21.6 Å². The van der Waals surface area contributed by atoms with E-state index >= 15 is 0 Å². The Hall–Kier alpha value is -3.59. The zero-order valence-electron chi connectivity index (χ0n) is 17.6. The number of carbonyl (C=O) groups excluding carboxylic acids is 1. The Labute approximate surface area is 186 Å². The van der Waals surface area contributed by atoms with Gasteiger partial charge in [0.1, 0.15) is 23.9 Å². The van der Waals surface area contributed by atoms with Gasteiger partial charge in [-0.25, -0.2) is 12.8 Å². The lowest BCUT2D eigenvalue weighted by Gasteiger charge is -2.24. The number of benzene rings is 3. The van der Waals surface area contributed by atoms with Crippen LogP contribution in [-0.4, -0.2) is 35.1 Å². The zero-order valence-corrected chi connectivity index (χ0v) is 18.4. The van der Waals surface area contributed by atoms with E-state index in [0.29, 0.717) is 11.5 Å². The maximum atomic E-state index is 13.3. The molecular formula is C23H23FN2O5S. The number of nitrogens with one attached hydrogen (secondary N) is 1. The third kappa shape index (κ3) is 5.55. The summed E-state index contributed by atoms with van der Waals surface area (Å²) in [5, 5.41) is 2.72. The van der Waals surface area contributed by atoms with Crippen molar-refractivity contribution < 1.29 is 27.1 Å². The fourth-order valence-electron chi connectivity index (χ4n) is 2.93. The minimum atomic E-state index is -4.13. The molecule has 7 nitrogen and oxygen atoms in total. The fourth-order valence-corrected chi connectivity index (χ4v) is 4.35. The largest absolute Gasteiger partial charge is 0.497 e. The van der Waals surface area contributed by atoms with Crippen LogP contribution in [0.15, 0.2) is 77.7 Å². The molecular weight excluding hydrogens is 435 g/mol. The molecule has 0 aliphatic rings. The van der Waals surface area contributed by atoms with Crippen LogP contribution >= 0.6 is 0 Å². The van der Waals surface area contributed by atoms with Crippen molar-refractivity contribution in [3.63, 3.8) is 0 Å². The van der Waals surface area contributed by atoms with E-state index in [1.165, 1.54) is 19.2 Å². The van der Waals surface area contributed by atoms with Crippen LogP contribution in [0.4, 0.5) is 10.1 Å². The van der Waals surface area contributed by atoms with E-state index in [0.717, 1.165) is 34.1 Å². The molecule has 0 unspecified atom stereocenters. The lowest BCUT2D eigenvalue weighted by atomic mass is 10.2. The van der Waals surface area contributed by atoms with Gasteiger partial charge >= 0.3 is 0 Å². The number of ether oxygens (including phenoxy) is 2. The van der Waals surface area contributed by atoms with Gasteiger partial charge < -0.3 is 14.8 Å². The minimum Gasteiger partial charge on any atom is -0.497 e. The van der Waals surface area contributed by atoms with E-state index in [4.69, 9.17) is 9.47 Å². The third-order valence-electron chi connectivity index (χ3n) is 4.70. The van der Waals surface area contributed by atoms with Crippen LogP contribution in [0, 0.1) is 5.82 Å². The number of hydrogen-bond acceptors (Lipinski definition) is 5. The first kappa shape index (κ1) is 23.1. The summed E-state index contributed by atoms with van der Waals surface area (Å²) in [5.41, 5.74) is 1.10.